The largest absolute Gasteiger partial charge is 0.380 e. The van der Waals surface area contributed by atoms with Gasteiger partial charge in [0.15, 0.2) is 11.5 Å². The maximum absolute atomic E-state index is 12.6. The van der Waals surface area contributed by atoms with Crippen LogP contribution >= 0.6 is 0 Å². The maximum atomic E-state index is 12.6. The third-order valence-electron chi connectivity index (χ3n) is 3.62. The molecule has 21 heavy (non-hydrogen) atoms. The van der Waals surface area contributed by atoms with Crippen molar-refractivity contribution in [3.63, 3.8) is 0 Å². The van der Waals surface area contributed by atoms with E-state index in [2.05, 4.69) is 20.3 Å². The van der Waals surface area contributed by atoms with E-state index < -0.39 is 0 Å². The summed E-state index contributed by atoms with van der Waals surface area (Å²) in [5.41, 5.74) is 0.293. The molecule has 3 heterocycles. The SMILES string of the molecule is CO[C@H]1C[C@@H](c2n[nH]c(C)n2)N(C(=O)c2cc(C)on2)C1. The van der Waals surface area contributed by atoms with Crippen LogP contribution in [-0.4, -0.2) is 50.9 Å². The fourth-order valence-electron chi connectivity index (χ4n) is 2.56. The lowest BCUT2D eigenvalue weighted by molar-refractivity contribution is 0.0674. The molecular formula is C13H17N5O3. The van der Waals surface area contributed by atoms with Crippen molar-refractivity contribution in [2.24, 2.45) is 0 Å². The van der Waals surface area contributed by atoms with E-state index in [-0.39, 0.29) is 18.1 Å². The minimum Gasteiger partial charge on any atom is -0.380 e. The van der Waals surface area contributed by atoms with Gasteiger partial charge in [-0.15, -0.1) is 0 Å². The van der Waals surface area contributed by atoms with Crippen LogP contribution < -0.4 is 0 Å². The van der Waals surface area contributed by atoms with Crippen LogP contribution in [0.15, 0.2) is 10.6 Å². The van der Waals surface area contributed by atoms with Gasteiger partial charge < -0.3 is 14.2 Å². The molecule has 2 atom stereocenters. The summed E-state index contributed by atoms with van der Waals surface area (Å²) < 4.78 is 10.4. The molecule has 0 aliphatic carbocycles. The molecule has 2 aromatic heterocycles. The van der Waals surface area contributed by atoms with Crippen LogP contribution in [0.25, 0.3) is 0 Å². The van der Waals surface area contributed by atoms with Gasteiger partial charge in [0, 0.05) is 26.1 Å². The van der Waals surface area contributed by atoms with Gasteiger partial charge in [-0.3, -0.25) is 9.89 Å². The van der Waals surface area contributed by atoms with Crippen LogP contribution in [0.1, 0.15) is 40.4 Å². The van der Waals surface area contributed by atoms with E-state index in [0.29, 0.717) is 30.2 Å². The fourth-order valence-corrected chi connectivity index (χ4v) is 2.56. The Morgan fingerprint density at radius 2 is 2.33 bits per heavy atom. The maximum Gasteiger partial charge on any atom is 0.276 e. The standard InChI is InChI=1S/C13H17N5O3/c1-7-4-10(17-21-7)13(19)18-6-9(20-3)5-11(18)12-14-8(2)15-16-12/h4,9,11H,5-6H2,1-3H3,(H,14,15,16)/t9-,11-/m0/s1. The van der Waals surface area contributed by atoms with Gasteiger partial charge in [-0.25, -0.2) is 4.98 Å². The molecule has 0 bridgehead atoms. The van der Waals surface area contributed by atoms with E-state index >= 15 is 0 Å². The second-order valence-corrected chi connectivity index (χ2v) is 5.17. The average Bonchev–Trinajstić information content (AvgIpc) is 3.16. The van der Waals surface area contributed by atoms with Gasteiger partial charge in [-0.2, -0.15) is 5.10 Å². The van der Waals surface area contributed by atoms with Crippen LogP contribution in [0.2, 0.25) is 0 Å². The molecule has 8 heteroatoms. The van der Waals surface area contributed by atoms with E-state index in [1.165, 1.54) is 0 Å². The van der Waals surface area contributed by atoms with Crippen molar-refractivity contribution in [3.05, 3.63) is 29.2 Å². The summed E-state index contributed by atoms with van der Waals surface area (Å²) in [4.78, 5) is 18.6. The first-order chi connectivity index (χ1) is 10.1. The molecule has 3 rings (SSSR count). The van der Waals surface area contributed by atoms with Crippen molar-refractivity contribution in [2.45, 2.75) is 32.4 Å². The van der Waals surface area contributed by atoms with E-state index in [9.17, 15) is 4.79 Å². The molecule has 1 N–H and O–H groups in total. The lowest BCUT2D eigenvalue weighted by Gasteiger charge is -2.20. The third-order valence-corrected chi connectivity index (χ3v) is 3.62. The van der Waals surface area contributed by atoms with Gasteiger partial charge in [-0.1, -0.05) is 5.16 Å². The minimum absolute atomic E-state index is 0.0363. The first kappa shape index (κ1) is 13.7. The predicted octanol–water partition coefficient (Wildman–Crippen LogP) is 1.01. The van der Waals surface area contributed by atoms with Crippen molar-refractivity contribution in [2.75, 3.05) is 13.7 Å². The topological polar surface area (TPSA) is 97.1 Å². The molecule has 0 saturated carbocycles. The van der Waals surface area contributed by atoms with Crippen LogP contribution in [0, 0.1) is 13.8 Å². The number of hydrogen-bond donors (Lipinski definition) is 1. The number of rotatable bonds is 3. The van der Waals surface area contributed by atoms with Crippen LogP contribution in [-0.2, 0) is 4.74 Å². The lowest BCUT2D eigenvalue weighted by Crippen LogP contribution is -2.32. The fraction of sp³-hybridized carbons (Fsp3) is 0.538. The monoisotopic (exact) mass is 291 g/mol. The number of methoxy groups -OCH3 is 1. The number of aryl methyl sites for hydroxylation is 2. The minimum atomic E-state index is -0.218. The zero-order chi connectivity index (χ0) is 15.0. The highest BCUT2D eigenvalue weighted by Gasteiger charge is 2.39. The molecule has 8 nitrogen and oxygen atoms in total. The first-order valence-corrected chi connectivity index (χ1v) is 6.74. The Bertz CT molecular complexity index is 650. The summed E-state index contributed by atoms with van der Waals surface area (Å²) >= 11 is 0. The number of aromatic nitrogens is 4. The lowest BCUT2D eigenvalue weighted by atomic mass is 10.2. The van der Waals surface area contributed by atoms with Gasteiger partial charge in [0.05, 0.1) is 12.1 Å². The summed E-state index contributed by atoms with van der Waals surface area (Å²) in [5.74, 6) is 1.72. The summed E-state index contributed by atoms with van der Waals surface area (Å²) in [6.45, 7) is 4.06. The highest BCUT2D eigenvalue weighted by Crippen LogP contribution is 2.32. The molecule has 1 aliphatic heterocycles. The summed E-state index contributed by atoms with van der Waals surface area (Å²) in [6.07, 6.45) is 0.627. The number of hydrogen-bond acceptors (Lipinski definition) is 6. The number of aromatic amines is 1. The predicted molar refractivity (Wildman–Crippen MR) is 71.6 cm³/mol. The molecule has 1 aliphatic rings. The van der Waals surface area contributed by atoms with Gasteiger partial charge in [0.25, 0.3) is 5.91 Å². The third kappa shape index (κ3) is 2.54. The van der Waals surface area contributed by atoms with E-state index in [1.807, 2.05) is 6.92 Å². The van der Waals surface area contributed by atoms with Crippen molar-refractivity contribution in [1.82, 2.24) is 25.2 Å². The number of nitrogens with zero attached hydrogens (tertiary/aromatic N) is 4. The molecule has 0 radical (unpaired) electrons. The van der Waals surface area contributed by atoms with Crippen molar-refractivity contribution < 1.29 is 14.1 Å². The van der Waals surface area contributed by atoms with Crippen LogP contribution in [0.5, 0.6) is 0 Å². The van der Waals surface area contributed by atoms with Crippen molar-refractivity contribution in [1.29, 1.82) is 0 Å². The summed E-state index contributed by atoms with van der Waals surface area (Å²) in [5, 5.41) is 10.8. The molecule has 1 saturated heterocycles. The number of likely N-dealkylation sites (tertiary alicyclic amines) is 1. The zero-order valence-electron chi connectivity index (χ0n) is 12.2. The van der Waals surface area contributed by atoms with E-state index in [1.54, 1.807) is 25.0 Å². The van der Waals surface area contributed by atoms with Crippen LogP contribution in [0.3, 0.4) is 0 Å². The summed E-state index contributed by atoms with van der Waals surface area (Å²) in [7, 11) is 1.64. The number of ether oxygens (including phenoxy) is 1. The Morgan fingerprint density at radius 1 is 1.52 bits per heavy atom. The zero-order valence-corrected chi connectivity index (χ0v) is 12.2. The van der Waals surface area contributed by atoms with Gasteiger partial charge >= 0.3 is 0 Å². The van der Waals surface area contributed by atoms with E-state index in [4.69, 9.17) is 9.26 Å². The second kappa shape index (κ2) is 5.28. The number of amides is 1. The number of carbonyl (C=O) groups excluding carboxylic acids is 1. The van der Waals surface area contributed by atoms with Crippen LogP contribution in [0.4, 0.5) is 0 Å². The Morgan fingerprint density at radius 3 is 2.90 bits per heavy atom. The highest BCUT2D eigenvalue weighted by molar-refractivity contribution is 5.92. The smallest absolute Gasteiger partial charge is 0.276 e. The molecule has 1 amide bonds. The van der Waals surface area contributed by atoms with Crippen molar-refractivity contribution >= 4 is 5.91 Å². The Labute approximate surface area is 121 Å². The second-order valence-electron chi connectivity index (χ2n) is 5.17. The quantitative estimate of drug-likeness (QED) is 0.906. The number of H-pyrrole nitrogens is 1. The van der Waals surface area contributed by atoms with Gasteiger partial charge in [0.1, 0.15) is 11.6 Å². The summed E-state index contributed by atoms with van der Waals surface area (Å²) in [6, 6.07) is 1.41. The molecule has 2 aromatic rings. The van der Waals surface area contributed by atoms with Gasteiger partial charge in [0.2, 0.25) is 0 Å². The molecule has 1 fully saturated rings. The first-order valence-electron chi connectivity index (χ1n) is 6.74. The average molecular weight is 291 g/mol. The molecular weight excluding hydrogens is 274 g/mol. The number of nitrogens with one attached hydrogen (secondary N) is 1. The van der Waals surface area contributed by atoms with Crippen molar-refractivity contribution in [3.8, 4) is 0 Å². The molecule has 0 aromatic carbocycles. The normalized spacial score (nSPS) is 22.0. The van der Waals surface area contributed by atoms with Gasteiger partial charge in [-0.05, 0) is 13.8 Å². The highest BCUT2D eigenvalue weighted by atomic mass is 16.5. The Kier molecular flexibility index (Phi) is 3.46. The Balaban J connectivity index is 1.88. The van der Waals surface area contributed by atoms with E-state index in [0.717, 1.165) is 5.82 Å². The number of carbonyl (C=O) groups is 1. The molecule has 0 spiro atoms. The molecule has 0 unspecified atom stereocenters. The molecule has 112 valence electrons. The Hall–Kier alpha value is -2.22.